The van der Waals surface area contributed by atoms with E-state index in [-0.39, 0.29) is 5.78 Å². The van der Waals surface area contributed by atoms with E-state index < -0.39 is 12.3 Å². The molecule has 120 valence electrons. The molecule has 1 aromatic heterocycles. The zero-order valence-corrected chi connectivity index (χ0v) is 13.9. The molecule has 5 nitrogen and oxygen atoms in total. The molecule has 3 rings (SSSR count). The smallest absolute Gasteiger partial charge is 0.450 e. The molecular weight excluding hydrogens is 338 g/mol. The van der Waals surface area contributed by atoms with Crippen molar-refractivity contribution >= 4 is 35.3 Å². The lowest BCUT2D eigenvalue weighted by Crippen LogP contribution is -2.10. The van der Waals surface area contributed by atoms with Crippen LogP contribution < -0.4 is 0 Å². The van der Waals surface area contributed by atoms with Gasteiger partial charge in [-0.2, -0.15) is 0 Å². The fourth-order valence-corrected chi connectivity index (χ4v) is 3.57. The Bertz CT molecular complexity index is 769. The highest BCUT2D eigenvalue weighted by atomic mass is 35.5. The number of aromatic nitrogens is 1. The van der Waals surface area contributed by atoms with Crippen molar-refractivity contribution in [2.75, 3.05) is 6.26 Å². The monoisotopic (exact) mass is 351 g/mol. The van der Waals surface area contributed by atoms with Crippen molar-refractivity contribution in [2.45, 2.75) is 24.0 Å². The summed E-state index contributed by atoms with van der Waals surface area (Å²) in [6.45, 7) is 0.558. The first-order valence-corrected chi connectivity index (χ1v) is 8.58. The summed E-state index contributed by atoms with van der Waals surface area (Å²) in [7, 11) is 0. The fourth-order valence-electron chi connectivity index (χ4n) is 2.81. The van der Waals surface area contributed by atoms with E-state index in [1.165, 1.54) is 11.8 Å². The number of ether oxygens (including phenoxy) is 1. The maximum atomic E-state index is 12.9. The highest BCUT2D eigenvalue weighted by Gasteiger charge is 2.32. The number of hydrogen-bond donors (Lipinski definition) is 1. The first-order chi connectivity index (χ1) is 11.0. The Balaban J connectivity index is 2.01. The average molecular weight is 352 g/mol. The van der Waals surface area contributed by atoms with Crippen LogP contribution >= 0.6 is 23.4 Å². The molecule has 0 aliphatic carbocycles. The van der Waals surface area contributed by atoms with Crippen molar-refractivity contribution in [1.82, 2.24) is 4.57 Å². The summed E-state index contributed by atoms with van der Waals surface area (Å²) in [6, 6.07) is 8.58. The zero-order valence-electron chi connectivity index (χ0n) is 12.3. The van der Waals surface area contributed by atoms with Gasteiger partial charge >= 0.3 is 6.16 Å². The molecule has 1 N–H and O–H groups in total. The molecule has 23 heavy (non-hydrogen) atoms. The minimum atomic E-state index is -1.30. The van der Waals surface area contributed by atoms with E-state index >= 15 is 0 Å². The predicted octanol–water partition coefficient (Wildman–Crippen LogP) is 4.23. The standard InChI is InChI=1S/C16H14ClNO4S/c1-23-13-8-11-12(22-16(20)21)6-7-18(11)14(13)15(19)9-2-4-10(17)5-3-9/h2-5,8,12H,6-7H2,1H3,(H,20,21). The molecule has 0 saturated heterocycles. The Kier molecular flexibility index (Phi) is 4.37. The summed E-state index contributed by atoms with van der Waals surface area (Å²) in [6.07, 6.45) is 0.597. The third kappa shape index (κ3) is 2.96. The molecule has 2 heterocycles. The molecule has 1 aromatic carbocycles. The minimum Gasteiger partial charge on any atom is -0.450 e. The Morgan fingerprint density at radius 1 is 1.35 bits per heavy atom. The van der Waals surface area contributed by atoms with Crippen LogP contribution in [-0.2, 0) is 11.3 Å². The molecule has 0 fully saturated rings. The van der Waals surface area contributed by atoms with Crippen molar-refractivity contribution < 1.29 is 19.4 Å². The molecule has 1 unspecified atom stereocenters. The van der Waals surface area contributed by atoms with Crippen LogP contribution in [0.15, 0.2) is 35.2 Å². The molecule has 1 aliphatic rings. The van der Waals surface area contributed by atoms with Gasteiger partial charge in [-0.15, -0.1) is 11.8 Å². The van der Waals surface area contributed by atoms with Crippen LogP contribution in [0.25, 0.3) is 0 Å². The van der Waals surface area contributed by atoms with Crippen LogP contribution in [0, 0.1) is 0 Å². The fraction of sp³-hybridized carbons (Fsp3) is 0.250. The normalized spacial score (nSPS) is 16.2. The van der Waals surface area contributed by atoms with Gasteiger partial charge in [0.25, 0.3) is 0 Å². The van der Waals surface area contributed by atoms with Crippen molar-refractivity contribution in [2.24, 2.45) is 0 Å². The van der Waals surface area contributed by atoms with Gasteiger partial charge in [-0.05, 0) is 36.6 Å². The molecule has 7 heteroatoms. The second kappa shape index (κ2) is 6.29. The summed E-state index contributed by atoms with van der Waals surface area (Å²) in [4.78, 5) is 24.5. The largest absolute Gasteiger partial charge is 0.506 e. The Hall–Kier alpha value is -1.92. The second-order valence-electron chi connectivity index (χ2n) is 5.13. The predicted molar refractivity (Wildman–Crippen MR) is 87.6 cm³/mol. The van der Waals surface area contributed by atoms with Gasteiger partial charge in [0.15, 0.2) is 0 Å². The van der Waals surface area contributed by atoms with E-state index in [2.05, 4.69) is 0 Å². The lowest BCUT2D eigenvalue weighted by Gasteiger charge is -2.08. The van der Waals surface area contributed by atoms with Gasteiger partial charge in [0.1, 0.15) is 11.8 Å². The average Bonchev–Trinajstić information content (AvgIpc) is 3.06. The Labute approximate surface area is 142 Å². The number of nitrogens with zero attached hydrogens (tertiary/aromatic N) is 1. The lowest BCUT2D eigenvalue weighted by molar-refractivity contribution is 0.0518. The van der Waals surface area contributed by atoms with Crippen molar-refractivity contribution in [3.05, 3.63) is 52.3 Å². The van der Waals surface area contributed by atoms with E-state index in [1.54, 1.807) is 24.3 Å². The van der Waals surface area contributed by atoms with Crippen LogP contribution in [0.5, 0.6) is 0 Å². The molecular formula is C16H14ClNO4S. The van der Waals surface area contributed by atoms with E-state index in [4.69, 9.17) is 21.4 Å². The quantitative estimate of drug-likeness (QED) is 0.507. The van der Waals surface area contributed by atoms with Crippen molar-refractivity contribution in [1.29, 1.82) is 0 Å². The summed E-state index contributed by atoms with van der Waals surface area (Å²) >= 11 is 7.32. The topological polar surface area (TPSA) is 68.5 Å². The molecule has 0 spiro atoms. The summed E-state index contributed by atoms with van der Waals surface area (Å²) in [5.41, 5.74) is 1.86. The number of fused-ring (bicyclic) bond motifs is 1. The molecule has 0 bridgehead atoms. The van der Waals surface area contributed by atoms with Crippen LogP contribution in [0.3, 0.4) is 0 Å². The molecule has 0 radical (unpaired) electrons. The first-order valence-electron chi connectivity index (χ1n) is 6.98. The third-order valence-corrected chi connectivity index (χ3v) is 4.83. The molecule has 1 aliphatic heterocycles. The van der Waals surface area contributed by atoms with Crippen molar-refractivity contribution in [3.63, 3.8) is 0 Å². The van der Waals surface area contributed by atoms with E-state index in [0.717, 1.165) is 10.6 Å². The van der Waals surface area contributed by atoms with E-state index in [0.29, 0.717) is 29.2 Å². The number of thioether (sulfide) groups is 1. The second-order valence-corrected chi connectivity index (χ2v) is 6.42. The van der Waals surface area contributed by atoms with Crippen LogP contribution in [0.2, 0.25) is 5.02 Å². The maximum absolute atomic E-state index is 12.9. The van der Waals surface area contributed by atoms with Crippen LogP contribution in [-0.4, -0.2) is 27.9 Å². The summed E-state index contributed by atoms with van der Waals surface area (Å²) in [5, 5.41) is 9.40. The minimum absolute atomic E-state index is 0.103. The lowest BCUT2D eigenvalue weighted by atomic mass is 10.1. The van der Waals surface area contributed by atoms with Gasteiger partial charge < -0.3 is 14.4 Å². The van der Waals surface area contributed by atoms with Gasteiger partial charge in [-0.1, -0.05) is 11.6 Å². The molecule has 1 atom stereocenters. The number of hydrogen-bond acceptors (Lipinski definition) is 4. The summed E-state index contributed by atoms with van der Waals surface area (Å²) < 4.78 is 6.77. The molecule has 0 amide bonds. The van der Waals surface area contributed by atoms with E-state index in [1.807, 2.05) is 16.9 Å². The van der Waals surface area contributed by atoms with Crippen LogP contribution in [0.4, 0.5) is 4.79 Å². The van der Waals surface area contributed by atoms with Gasteiger partial charge in [0.2, 0.25) is 5.78 Å². The van der Waals surface area contributed by atoms with Crippen LogP contribution in [0.1, 0.15) is 34.3 Å². The number of benzene rings is 1. The van der Waals surface area contributed by atoms with Gasteiger partial charge in [0, 0.05) is 28.4 Å². The van der Waals surface area contributed by atoms with Gasteiger partial charge in [-0.3, -0.25) is 4.79 Å². The highest BCUT2D eigenvalue weighted by molar-refractivity contribution is 7.98. The Morgan fingerprint density at radius 3 is 2.65 bits per heavy atom. The Morgan fingerprint density at radius 2 is 2.04 bits per heavy atom. The van der Waals surface area contributed by atoms with Gasteiger partial charge in [-0.25, -0.2) is 4.79 Å². The molecule has 2 aromatic rings. The molecule has 0 saturated carbocycles. The first kappa shape index (κ1) is 16.0. The SMILES string of the molecule is CSc1cc2n(c1C(=O)c1ccc(Cl)cc1)CCC2OC(=O)O. The number of carboxylic acid groups (broad SMARTS) is 1. The summed E-state index contributed by atoms with van der Waals surface area (Å²) in [5.74, 6) is -0.103. The van der Waals surface area contributed by atoms with Gasteiger partial charge in [0.05, 0.1) is 5.69 Å². The number of halogens is 1. The maximum Gasteiger partial charge on any atom is 0.506 e. The number of carbonyl (C=O) groups is 2. The number of carbonyl (C=O) groups excluding carboxylic acids is 1. The number of rotatable bonds is 4. The van der Waals surface area contributed by atoms with E-state index in [9.17, 15) is 9.59 Å². The highest BCUT2D eigenvalue weighted by Crippen LogP contribution is 2.37. The third-order valence-electron chi connectivity index (χ3n) is 3.82. The number of ketones is 1. The van der Waals surface area contributed by atoms with Crippen molar-refractivity contribution in [3.8, 4) is 0 Å². The zero-order chi connectivity index (χ0) is 16.6.